The lowest BCUT2D eigenvalue weighted by molar-refractivity contribution is 0.0999. The van der Waals surface area contributed by atoms with Crippen molar-refractivity contribution in [2.75, 3.05) is 17.2 Å². The van der Waals surface area contributed by atoms with Gasteiger partial charge in [0.2, 0.25) is 5.91 Å². The van der Waals surface area contributed by atoms with Crippen molar-refractivity contribution in [3.05, 3.63) is 59.7 Å². The smallest absolute Gasteiger partial charge is 0.249 e. The van der Waals surface area contributed by atoms with E-state index >= 15 is 0 Å². The molecule has 0 bridgehead atoms. The highest BCUT2D eigenvalue weighted by Crippen LogP contribution is 2.25. The van der Waals surface area contributed by atoms with Crippen LogP contribution in [0.3, 0.4) is 0 Å². The molecule has 0 unspecified atom stereocenters. The number of nitrogens with zero attached hydrogens (tertiary/aromatic N) is 1. The molecule has 2 aromatic carbocycles. The number of nitrogen functional groups attached to an aromatic ring is 1. The van der Waals surface area contributed by atoms with E-state index in [1.54, 1.807) is 6.07 Å². The number of amides is 1. The average Bonchev–Trinajstić information content (AvgIpc) is 2.48. The number of para-hydroxylation sites is 2. The van der Waals surface area contributed by atoms with E-state index in [4.69, 9.17) is 11.5 Å². The fourth-order valence-corrected chi connectivity index (χ4v) is 2.43. The number of nitrogens with two attached hydrogens (primary N) is 2. The highest BCUT2D eigenvalue weighted by atomic mass is 16.1. The maximum atomic E-state index is 11.5. The number of hydrogen-bond donors (Lipinski definition) is 2. The Bertz CT molecular complexity index is 625. The number of carbonyl (C=O) groups excluding carboxylic acids is 1. The summed E-state index contributed by atoms with van der Waals surface area (Å²) >= 11 is 0. The van der Waals surface area contributed by atoms with Crippen molar-refractivity contribution < 1.29 is 4.79 Å². The predicted molar refractivity (Wildman–Crippen MR) is 87.2 cm³/mol. The summed E-state index contributed by atoms with van der Waals surface area (Å²) in [6, 6.07) is 15.2. The number of anilines is 2. The molecule has 0 aliphatic rings. The summed E-state index contributed by atoms with van der Waals surface area (Å²) < 4.78 is 0. The van der Waals surface area contributed by atoms with Crippen LogP contribution in [-0.4, -0.2) is 12.5 Å². The monoisotopic (exact) mass is 283 g/mol. The quantitative estimate of drug-likeness (QED) is 0.801. The van der Waals surface area contributed by atoms with E-state index in [9.17, 15) is 4.79 Å². The molecule has 4 heteroatoms. The molecule has 0 fully saturated rings. The van der Waals surface area contributed by atoms with Gasteiger partial charge >= 0.3 is 0 Å². The predicted octanol–water partition coefficient (Wildman–Crippen LogP) is 2.78. The Balaban J connectivity index is 2.33. The third-order valence-corrected chi connectivity index (χ3v) is 3.41. The Hall–Kier alpha value is -2.49. The maximum absolute atomic E-state index is 11.5. The van der Waals surface area contributed by atoms with Crippen LogP contribution in [0.4, 0.5) is 11.4 Å². The summed E-state index contributed by atoms with van der Waals surface area (Å²) in [5, 5.41) is 0. The van der Waals surface area contributed by atoms with Crippen molar-refractivity contribution in [1.29, 1.82) is 0 Å². The Kier molecular flexibility index (Phi) is 4.82. The van der Waals surface area contributed by atoms with Crippen LogP contribution < -0.4 is 16.4 Å². The second kappa shape index (κ2) is 6.79. The molecule has 0 atom stereocenters. The van der Waals surface area contributed by atoms with E-state index < -0.39 is 5.91 Å². The van der Waals surface area contributed by atoms with Crippen LogP contribution in [0, 0.1) is 0 Å². The van der Waals surface area contributed by atoms with E-state index in [2.05, 4.69) is 11.8 Å². The fraction of sp³-hybridized carbons (Fsp3) is 0.235. The van der Waals surface area contributed by atoms with Crippen LogP contribution in [0.25, 0.3) is 0 Å². The molecule has 0 saturated heterocycles. The minimum Gasteiger partial charge on any atom is -0.397 e. The molecule has 1 amide bonds. The van der Waals surface area contributed by atoms with Crippen LogP contribution in [-0.2, 0) is 6.54 Å². The second-order valence-corrected chi connectivity index (χ2v) is 5.00. The first-order chi connectivity index (χ1) is 10.1. The van der Waals surface area contributed by atoms with Crippen molar-refractivity contribution in [3.8, 4) is 0 Å². The van der Waals surface area contributed by atoms with Gasteiger partial charge in [0.1, 0.15) is 0 Å². The minimum atomic E-state index is -0.400. The van der Waals surface area contributed by atoms with Crippen LogP contribution in [0.15, 0.2) is 48.5 Å². The first-order valence-corrected chi connectivity index (χ1v) is 7.10. The van der Waals surface area contributed by atoms with Gasteiger partial charge < -0.3 is 16.4 Å². The summed E-state index contributed by atoms with van der Waals surface area (Å²) in [4.78, 5) is 13.7. The molecule has 0 spiro atoms. The molecule has 4 nitrogen and oxygen atoms in total. The van der Waals surface area contributed by atoms with Crippen molar-refractivity contribution in [2.45, 2.75) is 19.9 Å². The van der Waals surface area contributed by atoms with Gasteiger partial charge in [0, 0.05) is 18.7 Å². The molecule has 0 heterocycles. The molecular weight excluding hydrogens is 262 g/mol. The summed E-state index contributed by atoms with van der Waals surface area (Å²) in [5.74, 6) is -0.400. The Morgan fingerprint density at radius 3 is 2.43 bits per heavy atom. The molecule has 110 valence electrons. The van der Waals surface area contributed by atoms with Crippen molar-refractivity contribution in [1.82, 2.24) is 0 Å². The Morgan fingerprint density at radius 2 is 1.76 bits per heavy atom. The van der Waals surface area contributed by atoms with Gasteiger partial charge in [-0.25, -0.2) is 0 Å². The van der Waals surface area contributed by atoms with Crippen molar-refractivity contribution >= 4 is 17.3 Å². The molecular formula is C17H21N3O. The summed E-state index contributed by atoms with van der Waals surface area (Å²) in [5.41, 5.74) is 14.7. The first kappa shape index (κ1) is 14.9. The van der Waals surface area contributed by atoms with E-state index in [-0.39, 0.29) is 0 Å². The molecule has 0 saturated carbocycles. The summed E-state index contributed by atoms with van der Waals surface area (Å²) in [6.07, 6.45) is 0.993. The largest absolute Gasteiger partial charge is 0.397 e. The lowest BCUT2D eigenvalue weighted by Crippen LogP contribution is -2.26. The normalized spacial score (nSPS) is 10.3. The number of hydrogen-bond acceptors (Lipinski definition) is 3. The van der Waals surface area contributed by atoms with Gasteiger partial charge in [-0.2, -0.15) is 0 Å². The van der Waals surface area contributed by atoms with E-state index in [0.717, 1.165) is 29.9 Å². The molecule has 0 aliphatic heterocycles. The van der Waals surface area contributed by atoms with Crippen LogP contribution in [0.1, 0.15) is 29.3 Å². The third-order valence-electron chi connectivity index (χ3n) is 3.41. The zero-order chi connectivity index (χ0) is 15.2. The Morgan fingerprint density at radius 1 is 1.10 bits per heavy atom. The van der Waals surface area contributed by atoms with Gasteiger partial charge in [0.15, 0.2) is 0 Å². The molecule has 21 heavy (non-hydrogen) atoms. The number of carbonyl (C=O) groups is 1. The fourth-order valence-electron chi connectivity index (χ4n) is 2.43. The number of rotatable bonds is 6. The minimum absolute atomic E-state index is 0.400. The second-order valence-electron chi connectivity index (χ2n) is 5.00. The van der Waals surface area contributed by atoms with E-state index in [0.29, 0.717) is 12.1 Å². The lowest BCUT2D eigenvalue weighted by atomic mass is 10.1. The van der Waals surface area contributed by atoms with Crippen LogP contribution in [0.2, 0.25) is 0 Å². The first-order valence-electron chi connectivity index (χ1n) is 7.10. The van der Waals surface area contributed by atoms with Crippen LogP contribution in [0.5, 0.6) is 0 Å². The molecule has 0 radical (unpaired) electrons. The summed E-state index contributed by atoms with van der Waals surface area (Å²) in [7, 11) is 0. The lowest BCUT2D eigenvalue weighted by Gasteiger charge is -2.26. The highest BCUT2D eigenvalue weighted by Gasteiger charge is 2.13. The van der Waals surface area contributed by atoms with Crippen molar-refractivity contribution in [2.24, 2.45) is 5.73 Å². The standard InChI is InChI=1S/C17H21N3O/c1-2-11-20(16-10-6-5-9-15(16)18)12-13-7-3-4-8-14(13)17(19)21/h3-10H,2,11-12,18H2,1H3,(H2,19,21). The van der Waals surface area contributed by atoms with Gasteiger partial charge in [-0.3, -0.25) is 4.79 Å². The van der Waals surface area contributed by atoms with Gasteiger partial charge in [-0.1, -0.05) is 37.3 Å². The molecule has 4 N–H and O–H groups in total. The van der Waals surface area contributed by atoms with Crippen molar-refractivity contribution in [3.63, 3.8) is 0 Å². The topological polar surface area (TPSA) is 72.3 Å². The van der Waals surface area contributed by atoms with Crippen LogP contribution >= 0.6 is 0 Å². The maximum Gasteiger partial charge on any atom is 0.249 e. The molecule has 0 aliphatic carbocycles. The highest BCUT2D eigenvalue weighted by molar-refractivity contribution is 5.94. The SMILES string of the molecule is CCCN(Cc1ccccc1C(N)=O)c1ccccc1N. The number of primary amides is 1. The average molecular weight is 283 g/mol. The number of benzene rings is 2. The van der Waals surface area contributed by atoms with Gasteiger partial charge in [0.05, 0.1) is 11.4 Å². The van der Waals surface area contributed by atoms with Gasteiger partial charge in [-0.15, -0.1) is 0 Å². The summed E-state index contributed by atoms with van der Waals surface area (Å²) in [6.45, 7) is 3.59. The van der Waals surface area contributed by atoms with Gasteiger partial charge in [-0.05, 0) is 30.2 Å². The third kappa shape index (κ3) is 3.54. The molecule has 2 aromatic rings. The van der Waals surface area contributed by atoms with Gasteiger partial charge in [0.25, 0.3) is 0 Å². The van der Waals surface area contributed by atoms with E-state index in [1.165, 1.54) is 0 Å². The molecule has 0 aromatic heterocycles. The zero-order valence-corrected chi connectivity index (χ0v) is 12.3. The zero-order valence-electron chi connectivity index (χ0n) is 12.3. The molecule has 2 rings (SSSR count). The van der Waals surface area contributed by atoms with E-state index in [1.807, 2.05) is 42.5 Å². The Labute approximate surface area is 125 Å².